The Morgan fingerprint density at radius 1 is 1.24 bits per heavy atom. The Bertz CT molecular complexity index is 567. The second-order valence-electron chi connectivity index (χ2n) is 3.69. The molecule has 3 heteroatoms. The molecule has 0 N–H and O–H groups in total. The van der Waals surface area contributed by atoms with E-state index in [-0.39, 0.29) is 5.82 Å². The number of hydrogen-bond acceptors (Lipinski definition) is 2. The van der Waals surface area contributed by atoms with Crippen molar-refractivity contribution in [3.8, 4) is 11.3 Å². The molecule has 17 heavy (non-hydrogen) atoms. The van der Waals surface area contributed by atoms with Gasteiger partial charge < -0.3 is 4.42 Å². The standard InChI is InChI=1S/C14H11FO2/c1-10(9-16)8-11-6-7-14(17-11)12-4-2-3-5-13(12)15/h2-9H,1H3. The number of carbonyl (C=O) groups is 1. The van der Waals surface area contributed by atoms with Crippen LogP contribution in [0, 0.1) is 5.82 Å². The highest BCUT2D eigenvalue weighted by Gasteiger charge is 2.07. The van der Waals surface area contributed by atoms with Gasteiger partial charge in [0.25, 0.3) is 0 Å². The third-order valence-electron chi connectivity index (χ3n) is 2.32. The zero-order valence-corrected chi connectivity index (χ0v) is 9.31. The van der Waals surface area contributed by atoms with E-state index in [1.54, 1.807) is 43.3 Å². The highest BCUT2D eigenvalue weighted by atomic mass is 19.1. The Morgan fingerprint density at radius 2 is 2.00 bits per heavy atom. The van der Waals surface area contributed by atoms with Gasteiger partial charge in [0, 0.05) is 0 Å². The second-order valence-corrected chi connectivity index (χ2v) is 3.69. The lowest BCUT2D eigenvalue weighted by molar-refractivity contribution is -0.104. The molecule has 0 amide bonds. The summed E-state index contributed by atoms with van der Waals surface area (Å²) in [5.74, 6) is 0.658. The highest BCUT2D eigenvalue weighted by molar-refractivity contribution is 5.80. The van der Waals surface area contributed by atoms with E-state index in [9.17, 15) is 9.18 Å². The first kappa shape index (κ1) is 11.3. The van der Waals surface area contributed by atoms with Crippen LogP contribution in [0.4, 0.5) is 4.39 Å². The van der Waals surface area contributed by atoms with Crippen molar-refractivity contribution in [2.75, 3.05) is 0 Å². The van der Waals surface area contributed by atoms with Crippen molar-refractivity contribution in [3.63, 3.8) is 0 Å². The van der Waals surface area contributed by atoms with Gasteiger partial charge in [0.05, 0.1) is 5.56 Å². The first-order valence-electron chi connectivity index (χ1n) is 5.19. The fraction of sp³-hybridized carbons (Fsp3) is 0.0714. The molecule has 0 aliphatic carbocycles. The number of allylic oxidation sites excluding steroid dienone is 1. The number of rotatable bonds is 3. The minimum absolute atomic E-state index is 0.329. The average molecular weight is 230 g/mol. The molecule has 0 bridgehead atoms. The summed E-state index contributed by atoms with van der Waals surface area (Å²) in [6, 6.07) is 9.78. The summed E-state index contributed by atoms with van der Waals surface area (Å²) in [5, 5.41) is 0. The molecule has 1 aromatic heterocycles. The van der Waals surface area contributed by atoms with Crippen molar-refractivity contribution < 1.29 is 13.6 Å². The number of carbonyl (C=O) groups excluding carboxylic acids is 1. The molecule has 0 atom stereocenters. The van der Waals surface area contributed by atoms with Crippen LogP contribution < -0.4 is 0 Å². The van der Waals surface area contributed by atoms with E-state index in [1.807, 2.05) is 0 Å². The fourth-order valence-corrected chi connectivity index (χ4v) is 1.49. The van der Waals surface area contributed by atoms with E-state index < -0.39 is 0 Å². The lowest BCUT2D eigenvalue weighted by atomic mass is 10.1. The molecular weight excluding hydrogens is 219 g/mol. The zero-order valence-electron chi connectivity index (χ0n) is 9.31. The second kappa shape index (κ2) is 4.78. The quantitative estimate of drug-likeness (QED) is 0.594. The Kier molecular flexibility index (Phi) is 3.19. The predicted octanol–water partition coefficient (Wildman–Crippen LogP) is 3.69. The van der Waals surface area contributed by atoms with Crippen molar-refractivity contribution in [1.82, 2.24) is 0 Å². The fourth-order valence-electron chi connectivity index (χ4n) is 1.49. The normalized spacial score (nSPS) is 11.5. The van der Waals surface area contributed by atoms with Gasteiger partial charge in [-0.2, -0.15) is 0 Å². The SMILES string of the molecule is CC(C=O)=Cc1ccc(-c2ccccc2F)o1. The Morgan fingerprint density at radius 3 is 2.71 bits per heavy atom. The molecule has 1 aromatic carbocycles. The molecular formula is C14H11FO2. The molecule has 0 unspecified atom stereocenters. The van der Waals surface area contributed by atoms with Crippen molar-refractivity contribution >= 4 is 12.4 Å². The Hall–Kier alpha value is -2.16. The van der Waals surface area contributed by atoms with Gasteiger partial charge in [-0.3, -0.25) is 4.79 Å². The van der Waals surface area contributed by atoms with Gasteiger partial charge in [0.15, 0.2) is 0 Å². The minimum atomic E-state index is -0.329. The summed E-state index contributed by atoms with van der Waals surface area (Å²) in [4.78, 5) is 10.5. The van der Waals surface area contributed by atoms with E-state index in [0.29, 0.717) is 22.7 Å². The summed E-state index contributed by atoms with van der Waals surface area (Å²) in [5.41, 5.74) is 0.968. The van der Waals surface area contributed by atoms with E-state index in [4.69, 9.17) is 4.42 Å². The first-order valence-corrected chi connectivity index (χ1v) is 5.19. The molecule has 0 saturated heterocycles. The van der Waals surface area contributed by atoms with Crippen molar-refractivity contribution in [3.05, 3.63) is 53.5 Å². The van der Waals surface area contributed by atoms with Crippen LogP contribution in [-0.4, -0.2) is 6.29 Å². The molecule has 0 aliphatic rings. The Labute approximate surface area is 98.4 Å². The molecule has 1 heterocycles. The molecule has 0 spiro atoms. The lowest BCUT2D eigenvalue weighted by Gasteiger charge is -1.97. The van der Waals surface area contributed by atoms with Gasteiger partial charge in [-0.05, 0) is 42.8 Å². The number of aldehydes is 1. The van der Waals surface area contributed by atoms with Crippen molar-refractivity contribution in [2.24, 2.45) is 0 Å². The predicted molar refractivity (Wildman–Crippen MR) is 63.8 cm³/mol. The van der Waals surface area contributed by atoms with Crippen LogP contribution >= 0.6 is 0 Å². The van der Waals surface area contributed by atoms with Crippen LogP contribution in [0.2, 0.25) is 0 Å². The molecule has 86 valence electrons. The van der Waals surface area contributed by atoms with Crippen molar-refractivity contribution in [2.45, 2.75) is 6.92 Å². The van der Waals surface area contributed by atoms with Crippen LogP contribution in [0.1, 0.15) is 12.7 Å². The summed E-state index contributed by atoms with van der Waals surface area (Å²) in [7, 11) is 0. The van der Waals surface area contributed by atoms with Crippen molar-refractivity contribution in [1.29, 1.82) is 0 Å². The van der Waals surface area contributed by atoms with Gasteiger partial charge in [-0.15, -0.1) is 0 Å². The highest BCUT2D eigenvalue weighted by Crippen LogP contribution is 2.25. The smallest absolute Gasteiger partial charge is 0.145 e. The first-order chi connectivity index (χ1) is 8.20. The molecule has 0 radical (unpaired) electrons. The third kappa shape index (κ3) is 2.50. The maximum Gasteiger partial charge on any atom is 0.145 e. The summed E-state index contributed by atoms with van der Waals surface area (Å²) < 4.78 is 18.9. The molecule has 2 rings (SSSR count). The maximum atomic E-state index is 13.5. The van der Waals surface area contributed by atoms with E-state index >= 15 is 0 Å². The monoisotopic (exact) mass is 230 g/mol. The largest absolute Gasteiger partial charge is 0.457 e. The van der Waals surface area contributed by atoms with Crippen LogP contribution in [0.5, 0.6) is 0 Å². The molecule has 0 fully saturated rings. The van der Waals surface area contributed by atoms with E-state index in [2.05, 4.69) is 0 Å². The van der Waals surface area contributed by atoms with E-state index in [0.717, 1.165) is 6.29 Å². The molecule has 2 aromatic rings. The minimum Gasteiger partial charge on any atom is -0.457 e. The Balaban J connectivity index is 2.37. The lowest BCUT2D eigenvalue weighted by Crippen LogP contribution is -1.80. The van der Waals surface area contributed by atoms with Gasteiger partial charge in [-0.1, -0.05) is 12.1 Å². The van der Waals surface area contributed by atoms with Crippen LogP contribution in [-0.2, 0) is 4.79 Å². The number of benzene rings is 1. The third-order valence-corrected chi connectivity index (χ3v) is 2.32. The maximum absolute atomic E-state index is 13.5. The summed E-state index contributed by atoms with van der Waals surface area (Å²) >= 11 is 0. The van der Waals surface area contributed by atoms with Gasteiger partial charge in [0.2, 0.25) is 0 Å². The summed E-state index contributed by atoms with van der Waals surface area (Å²) in [6.45, 7) is 1.68. The molecule has 0 saturated carbocycles. The average Bonchev–Trinajstić information content (AvgIpc) is 2.78. The zero-order chi connectivity index (χ0) is 12.3. The molecule has 2 nitrogen and oxygen atoms in total. The number of halogens is 1. The summed E-state index contributed by atoms with van der Waals surface area (Å²) in [6.07, 6.45) is 2.35. The van der Waals surface area contributed by atoms with E-state index in [1.165, 1.54) is 6.07 Å². The number of hydrogen-bond donors (Lipinski definition) is 0. The van der Waals surface area contributed by atoms with Crippen LogP contribution in [0.25, 0.3) is 17.4 Å². The number of furan rings is 1. The molecule has 0 aliphatic heterocycles. The van der Waals surface area contributed by atoms with Gasteiger partial charge in [0.1, 0.15) is 23.6 Å². The van der Waals surface area contributed by atoms with Crippen LogP contribution in [0.3, 0.4) is 0 Å². The van der Waals surface area contributed by atoms with Gasteiger partial charge >= 0.3 is 0 Å². The topological polar surface area (TPSA) is 30.2 Å². The van der Waals surface area contributed by atoms with Crippen LogP contribution in [0.15, 0.2) is 46.4 Å². The van der Waals surface area contributed by atoms with Gasteiger partial charge in [-0.25, -0.2) is 4.39 Å².